The number of benzene rings is 2. The van der Waals surface area contributed by atoms with Crippen molar-refractivity contribution in [3.63, 3.8) is 0 Å². The molecule has 44 heavy (non-hydrogen) atoms. The van der Waals surface area contributed by atoms with Gasteiger partial charge in [-0.05, 0) is 85.1 Å². The lowest BCUT2D eigenvalue weighted by Gasteiger charge is -2.26. The van der Waals surface area contributed by atoms with E-state index >= 15 is 0 Å². The number of methoxy groups -OCH3 is 1. The first-order valence-corrected chi connectivity index (χ1v) is 15.9. The Balaban J connectivity index is 1.91. The minimum atomic E-state index is -0.891. The average Bonchev–Trinajstić information content (AvgIpc) is 3.29. The highest BCUT2D eigenvalue weighted by molar-refractivity contribution is 9.10. The molecule has 0 spiro atoms. The Morgan fingerprint density at radius 3 is 2.55 bits per heavy atom. The van der Waals surface area contributed by atoms with Crippen molar-refractivity contribution in [2.24, 2.45) is 4.99 Å². The summed E-state index contributed by atoms with van der Waals surface area (Å²) >= 11 is 11.1. The summed E-state index contributed by atoms with van der Waals surface area (Å²) < 4.78 is 29.9. The van der Waals surface area contributed by atoms with Gasteiger partial charge in [-0.3, -0.25) is 9.36 Å². The van der Waals surface area contributed by atoms with E-state index in [1.165, 1.54) is 23.0 Å². The molecule has 1 atom stereocenters. The van der Waals surface area contributed by atoms with Crippen LogP contribution in [0.3, 0.4) is 0 Å². The lowest BCUT2D eigenvalue weighted by Crippen LogP contribution is -2.40. The lowest BCUT2D eigenvalue weighted by molar-refractivity contribution is -0.143. The second kappa shape index (κ2) is 14.9. The van der Waals surface area contributed by atoms with Crippen molar-refractivity contribution < 1.29 is 33.3 Å². The van der Waals surface area contributed by atoms with Crippen LogP contribution in [-0.4, -0.2) is 50.0 Å². The second-order valence-electron chi connectivity index (χ2n) is 9.46. The molecule has 0 N–H and O–H groups in total. The molecule has 1 aliphatic heterocycles. The summed E-state index contributed by atoms with van der Waals surface area (Å²) in [5, 5.41) is 0.423. The Bertz CT molecular complexity index is 1780. The van der Waals surface area contributed by atoms with Gasteiger partial charge < -0.3 is 23.7 Å². The Kier molecular flexibility index (Phi) is 11.3. The van der Waals surface area contributed by atoms with Gasteiger partial charge >= 0.3 is 11.9 Å². The van der Waals surface area contributed by atoms with Gasteiger partial charge in [-0.15, -0.1) is 0 Å². The number of allylic oxidation sites excluding steroid dienone is 1. The normalized spacial score (nSPS) is 14.5. The largest absolute Gasteiger partial charge is 0.493 e. The first-order valence-electron chi connectivity index (χ1n) is 13.9. The molecule has 1 aromatic heterocycles. The van der Waals surface area contributed by atoms with E-state index in [1.54, 1.807) is 50.3 Å². The Morgan fingerprint density at radius 2 is 1.86 bits per heavy atom. The maximum atomic E-state index is 14.1. The van der Waals surface area contributed by atoms with Gasteiger partial charge in [-0.25, -0.2) is 14.6 Å². The van der Waals surface area contributed by atoms with E-state index in [4.69, 9.17) is 30.5 Å². The molecule has 0 saturated carbocycles. The highest BCUT2D eigenvalue weighted by Crippen LogP contribution is 2.39. The fourth-order valence-corrected chi connectivity index (χ4v) is 6.38. The molecule has 0 bridgehead atoms. The molecular weight excluding hydrogens is 676 g/mol. The smallest absolute Gasteiger partial charge is 0.343 e. The fourth-order valence-electron chi connectivity index (χ4n) is 4.58. The molecule has 4 rings (SSSR count). The van der Waals surface area contributed by atoms with Crippen molar-refractivity contribution in [1.29, 1.82) is 0 Å². The number of ether oxygens (including phenoxy) is 5. The van der Waals surface area contributed by atoms with Gasteiger partial charge in [0.25, 0.3) is 5.56 Å². The summed E-state index contributed by atoms with van der Waals surface area (Å²) in [6.45, 7) is 7.86. The predicted molar refractivity (Wildman–Crippen MR) is 170 cm³/mol. The van der Waals surface area contributed by atoms with Crippen LogP contribution < -0.4 is 29.1 Å². The van der Waals surface area contributed by atoms with Crippen molar-refractivity contribution in [1.82, 2.24) is 4.57 Å². The van der Waals surface area contributed by atoms with Crippen LogP contribution in [0.15, 0.2) is 55.9 Å². The standard InChI is InChI=1S/C31H32BrClN2O8S/c1-6-11-42-22-10-9-19(33)15-20(22)27-26(30(38)41-8-3)17(4)34-31-35(27)29(37)24(44-31)14-18-12-21(32)28(23(13-18)40-7-2)43-16-25(36)39-5/h9-10,12-15,27H,6-8,11,16H2,1-5H3/b24-14-/t27-/m1/s1. The Labute approximate surface area is 271 Å². The van der Waals surface area contributed by atoms with Gasteiger partial charge in [0.05, 0.1) is 47.2 Å². The van der Waals surface area contributed by atoms with Crippen molar-refractivity contribution in [3.8, 4) is 17.2 Å². The molecular formula is C31H32BrClN2O8S. The SMILES string of the molecule is CCCOc1ccc(Cl)cc1[C@@H]1C(C(=O)OCC)=C(C)N=c2s/c(=C\c3cc(Br)c(OCC(=O)OC)c(OCC)c3)c(=O)n21. The number of hydrogen-bond acceptors (Lipinski definition) is 10. The van der Waals surface area contributed by atoms with Crippen LogP contribution >= 0.6 is 38.9 Å². The first kappa shape index (κ1) is 33.3. The maximum absolute atomic E-state index is 14.1. The molecule has 234 valence electrons. The molecule has 1 aliphatic rings. The number of carbonyl (C=O) groups is 2. The van der Waals surface area contributed by atoms with Gasteiger partial charge in [0.2, 0.25) is 0 Å². The number of carbonyl (C=O) groups excluding carboxylic acids is 2. The number of hydrogen-bond donors (Lipinski definition) is 0. The van der Waals surface area contributed by atoms with E-state index in [-0.39, 0.29) is 24.3 Å². The van der Waals surface area contributed by atoms with Crippen molar-refractivity contribution in [2.75, 3.05) is 33.5 Å². The van der Waals surface area contributed by atoms with Crippen LogP contribution in [0.2, 0.25) is 5.02 Å². The lowest BCUT2D eigenvalue weighted by atomic mass is 9.95. The summed E-state index contributed by atoms with van der Waals surface area (Å²) in [7, 11) is 1.27. The fraction of sp³-hybridized carbons (Fsp3) is 0.355. The molecule has 0 aliphatic carbocycles. The number of esters is 2. The number of rotatable bonds is 12. The highest BCUT2D eigenvalue weighted by Gasteiger charge is 2.35. The van der Waals surface area contributed by atoms with Gasteiger partial charge in [0.15, 0.2) is 22.9 Å². The molecule has 0 amide bonds. The van der Waals surface area contributed by atoms with Crippen LogP contribution in [0.4, 0.5) is 0 Å². The third-order valence-corrected chi connectivity index (χ3v) is 8.24. The second-order valence-corrected chi connectivity index (χ2v) is 11.8. The third-order valence-electron chi connectivity index (χ3n) is 6.44. The maximum Gasteiger partial charge on any atom is 0.343 e. The van der Waals surface area contributed by atoms with E-state index in [9.17, 15) is 14.4 Å². The summed E-state index contributed by atoms with van der Waals surface area (Å²) in [6.07, 6.45) is 2.46. The zero-order valence-corrected chi connectivity index (χ0v) is 28.1. The van der Waals surface area contributed by atoms with Gasteiger partial charge in [-0.2, -0.15) is 0 Å². The number of thiazole rings is 1. The number of fused-ring (bicyclic) bond motifs is 1. The minimum absolute atomic E-state index is 0.151. The van der Waals surface area contributed by atoms with E-state index in [0.717, 1.165) is 6.42 Å². The quantitative estimate of drug-likeness (QED) is 0.243. The number of nitrogens with zero attached hydrogens (tertiary/aromatic N) is 2. The zero-order chi connectivity index (χ0) is 32.0. The van der Waals surface area contributed by atoms with E-state index < -0.39 is 18.0 Å². The highest BCUT2D eigenvalue weighted by atomic mass is 79.9. The molecule has 0 unspecified atom stereocenters. The van der Waals surface area contributed by atoms with E-state index in [0.29, 0.717) is 66.1 Å². The van der Waals surface area contributed by atoms with Crippen LogP contribution in [0.1, 0.15) is 51.3 Å². The molecule has 13 heteroatoms. The Morgan fingerprint density at radius 1 is 1.09 bits per heavy atom. The number of aromatic nitrogens is 1. The predicted octanol–water partition coefficient (Wildman–Crippen LogP) is 4.95. The summed E-state index contributed by atoms with van der Waals surface area (Å²) in [4.78, 5) is 44.1. The molecule has 3 aromatic rings. The van der Waals surface area contributed by atoms with E-state index in [2.05, 4.69) is 25.7 Å². The molecule has 2 aromatic carbocycles. The van der Waals surface area contributed by atoms with Gasteiger partial charge in [0, 0.05) is 10.6 Å². The molecule has 10 nitrogen and oxygen atoms in total. The van der Waals surface area contributed by atoms with Gasteiger partial charge in [-0.1, -0.05) is 29.9 Å². The first-order chi connectivity index (χ1) is 21.1. The summed E-state index contributed by atoms with van der Waals surface area (Å²) in [5.41, 5.74) is 1.46. The van der Waals surface area contributed by atoms with Crippen LogP contribution in [0, 0.1) is 0 Å². The summed E-state index contributed by atoms with van der Waals surface area (Å²) in [5.74, 6) is 0.0767. The topological polar surface area (TPSA) is 115 Å². The van der Waals surface area contributed by atoms with Crippen molar-refractivity contribution in [3.05, 3.63) is 81.9 Å². The monoisotopic (exact) mass is 706 g/mol. The third kappa shape index (κ3) is 7.19. The van der Waals surface area contributed by atoms with Crippen LogP contribution in [-0.2, 0) is 19.1 Å². The minimum Gasteiger partial charge on any atom is -0.493 e. The van der Waals surface area contributed by atoms with Crippen LogP contribution in [0.25, 0.3) is 6.08 Å². The van der Waals surface area contributed by atoms with E-state index in [1.807, 2.05) is 13.8 Å². The molecule has 0 radical (unpaired) electrons. The average molecular weight is 708 g/mol. The summed E-state index contributed by atoms with van der Waals surface area (Å²) in [6, 6.07) is 7.70. The number of halogens is 2. The zero-order valence-electron chi connectivity index (χ0n) is 24.9. The van der Waals surface area contributed by atoms with Crippen LogP contribution in [0.5, 0.6) is 17.2 Å². The Hall–Kier alpha value is -3.61. The molecule has 2 heterocycles. The van der Waals surface area contributed by atoms with Crippen molar-refractivity contribution >= 4 is 56.9 Å². The van der Waals surface area contributed by atoms with Crippen molar-refractivity contribution in [2.45, 2.75) is 40.2 Å². The molecule has 0 saturated heterocycles. The molecule has 0 fully saturated rings. The van der Waals surface area contributed by atoms with Gasteiger partial charge in [0.1, 0.15) is 11.8 Å².